The molecule has 0 fully saturated rings. The Morgan fingerprint density at radius 3 is 2.48 bits per heavy atom. The average molecular weight is 306 g/mol. The summed E-state index contributed by atoms with van der Waals surface area (Å²) in [5.41, 5.74) is 1.03. The van der Waals surface area contributed by atoms with Gasteiger partial charge >= 0.3 is 5.97 Å². The summed E-state index contributed by atoms with van der Waals surface area (Å²) in [5.74, 6) is -1.89. The number of nitrogens with one attached hydrogen (secondary N) is 1. The van der Waals surface area contributed by atoms with Crippen molar-refractivity contribution in [2.24, 2.45) is 0 Å². The van der Waals surface area contributed by atoms with Crippen LogP contribution in [0.25, 0.3) is 0 Å². The van der Waals surface area contributed by atoms with E-state index in [1.807, 2.05) is 0 Å². The number of phenolic OH excluding ortho intramolecular Hbond substituents is 1. The Bertz CT molecular complexity index is 728. The van der Waals surface area contributed by atoms with Gasteiger partial charge in [0.25, 0.3) is 5.91 Å². The number of aryl methyl sites for hydroxylation is 1. The number of carbonyl (C=O) groups excluding carboxylic acids is 1. The molecule has 2 rings (SSSR count). The first-order valence-electron chi connectivity index (χ1n) is 6.02. The first kappa shape index (κ1) is 14.9. The zero-order chi connectivity index (χ0) is 15.6. The molecule has 0 saturated carbocycles. The molecule has 2 aromatic rings. The number of carboxylic acid groups (broad SMARTS) is 1. The maximum atomic E-state index is 12.1. The number of hydrogen-bond acceptors (Lipinski definition) is 3. The highest BCUT2D eigenvalue weighted by molar-refractivity contribution is 6.31. The second kappa shape index (κ2) is 5.85. The van der Waals surface area contributed by atoms with Crippen molar-refractivity contribution in [2.75, 3.05) is 5.32 Å². The van der Waals surface area contributed by atoms with Crippen LogP contribution in [0, 0.1) is 6.92 Å². The minimum atomic E-state index is -1.24. The van der Waals surface area contributed by atoms with Crippen LogP contribution in [0.4, 0.5) is 5.69 Å². The summed E-state index contributed by atoms with van der Waals surface area (Å²) < 4.78 is 0. The molecule has 0 spiro atoms. The molecule has 6 heteroatoms. The Morgan fingerprint density at radius 2 is 1.86 bits per heavy atom. The normalized spacial score (nSPS) is 10.2. The van der Waals surface area contributed by atoms with Gasteiger partial charge in [-0.25, -0.2) is 4.79 Å². The van der Waals surface area contributed by atoms with Gasteiger partial charge in [0.05, 0.1) is 11.3 Å². The third-order valence-corrected chi connectivity index (χ3v) is 3.33. The summed E-state index contributed by atoms with van der Waals surface area (Å²) in [5, 5.41) is 21.4. The van der Waals surface area contributed by atoms with Crippen LogP contribution >= 0.6 is 11.6 Å². The van der Waals surface area contributed by atoms with Crippen LogP contribution in [-0.4, -0.2) is 22.1 Å². The number of anilines is 1. The quantitative estimate of drug-likeness (QED) is 0.759. The molecule has 0 aliphatic heterocycles. The van der Waals surface area contributed by atoms with Crippen molar-refractivity contribution >= 4 is 29.2 Å². The van der Waals surface area contributed by atoms with Crippen molar-refractivity contribution < 1.29 is 19.8 Å². The fourth-order valence-electron chi connectivity index (χ4n) is 1.80. The number of halogens is 1. The van der Waals surface area contributed by atoms with Crippen LogP contribution in [0.2, 0.25) is 5.02 Å². The maximum absolute atomic E-state index is 12.1. The number of benzene rings is 2. The third-order valence-electron chi connectivity index (χ3n) is 2.90. The number of amides is 1. The third kappa shape index (κ3) is 3.32. The predicted molar refractivity (Wildman–Crippen MR) is 79.2 cm³/mol. The lowest BCUT2D eigenvalue weighted by Crippen LogP contribution is -2.15. The Morgan fingerprint density at radius 1 is 1.14 bits per heavy atom. The lowest BCUT2D eigenvalue weighted by atomic mass is 10.1. The SMILES string of the molecule is Cc1cc(C(=O)Nc2ccc(O)cc2C(=O)O)ccc1Cl. The Balaban J connectivity index is 2.31. The molecule has 5 nitrogen and oxygen atoms in total. The van der Waals surface area contributed by atoms with E-state index in [1.54, 1.807) is 25.1 Å². The van der Waals surface area contributed by atoms with Crippen molar-refractivity contribution in [1.82, 2.24) is 0 Å². The molecule has 0 atom stereocenters. The van der Waals surface area contributed by atoms with Crippen LogP contribution in [0.3, 0.4) is 0 Å². The molecular weight excluding hydrogens is 294 g/mol. The first-order chi connectivity index (χ1) is 9.88. The molecule has 3 N–H and O–H groups in total. The molecule has 0 bridgehead atoms. The molecule has 0 aliphatic rings. The fourth-order valence-corrected chi connectivity index (χ4v) is 1.92. The minimum absolute atomic E-state index is 0.109. The molecular formula is C15H12ClNO4. The number of rotatable bonds is 3. The van der Waals surface area contributed by atoms with Crippen LogP contribution in [0.5, 0.6) is 5.75 Å². The molecule has 0 radical (unpaired) electrons. The van der Waals surface area contributed by atoms with E-state index in [0.717, 1.165) is 11.6 Å². The summed E-state index contributed by atoms with van der Waals surface area (Å²) in [4.78, 5) is 23.2. The van der Waals surface area contributed by atoms with Crippen molar-refractivity contribution in [3.8, 4) is 5.75 Å². The summed E-state index contributed by atoms with van der Waals surface area (Å²) >= 11 is 5.89. The van der Waals surface area contributed by atoms with E-state index in [4.69, 9.17) is 16.7 Å². The number of aromatic hydroxyl groups is 1. The molecule has 0 aliphatic carbocycles. The highest BCUT2D eigenvalue weighted by Crippen LogP contribution is 2.23. The average Bonchev–Trinajstić information content (AvgIpc) is 2.43. The molecule has 0 aromatic heterocycles. The fraction of sp³-hybridized carbons (Fsp3) is 0.0667. The van der Waals surface area contributed by atoms with Gasteiger partial charge in [-0.1, -0.05) is 11.6 Å². The molecule has 108 valence electrons. The number of carbonyl (C=O) groups is 2. The summed E-state index contributed by atoms with van der Waals surface area (Å²) in [6.07, 6.45) is 0. The topological polar surface area (TPSA) is 86.6 Å². The van der Waals surface area contributed by atoms with Gasteiger partial charge in [-0.2, -0.15) is 0 Å². The van der Waals surface area contributed by atoms with Gasteiger partial charge < -0.3 is 15.5 Å². The van der Waals surface area contributed by atoms with E-state index < -0.39 is 11.9 Å². The number of phenols is 1. The van der Waals surface area contributed by atoms with E-state index in [-0.39, 0.29) is 17.0 Å². The zero-order valence-electron chi connectivity index (χ0n) is 11.1. The van der Waals surface area contributed by atoms with Gasteiger partial charge in [-0.3, -0.25) is 4.79 Å². The molecule has 2 aromatic carbocycles. The molecule has 21 heavy (non-hydrogen) atoms. The van der Waals surface area contributed by atoms with Crippen LogP contribution in [0.15, 0.2) is 36.4 Å². The Hall–Kier alpha value is -2.53. The maximum Gasteiger partial charge on any atom is 0.337 e. The summed E-state index contributed by atoms with van der Waals surface area (Å²) in [6, 6.07) is 8.46. The molecule has 0 unspecified atom stereocenters. The van der Waals surface area contributed by atoms with Crippen molar-refractivity contribution in [2.45, 2.75) is 6.92 Å². The highest BCUT2D eigenvalue weighted by Gasteiger charge is 2.14. The lowest BCUT2D eigenvalue weighted by molar-refractivity contribution is 0.0697. The van der Waals surface area contributed by atoms with Gasteiger partial charge in [0, 0.05) is 10.6 Å². The molecule has 0 saturated heterocycles. The summed E-state index contributed by atoms with van der Waals surface area (Å²) in [6.45, 7) is 1.77. The van der Waals surface area contributed by atoms with E-state index in [9.17, 15) is 14.7 Å². The zero-order valence-corrected chi connectivity index (χ0v) is 11.8. The van der Waals surface area contributed by atoms with Crippen molar-refractivity contribution in [3.05, 3.63) is 58.1 Å². The largest absolute Gasteiger partial charge is 0.508 e. The molecule has 1 amide bonds. The lowest BCUT2D eigenvalue weighted by Gasteiger charge is -2.09. The molecule has 0 heterocycles. The van der Waals surface area contributed by atoms with Gasteiger partial charge in [-0.05, 0) is 48.9 Å². The Kier molecular flexibility index (Phi) is 4.14. The van der Waals surface area contributed by atoms with Gasteiger partial charge in [0.1, 0.15) is 5.75 Å². The number of aromatic carboxylic acids is 1. The van der Waals surface area contributed by atoms with Crippen molar-refractivity contribution in [1.29, 1.82) is 0 Å². The summed E-state index contributed by atoms with van der Waals surface area (Å²) in [7, 11) is 0. The second-order valence-electron chi connectivity index (χ2n) is 4.45. The van der Waals surface area contributed by atoms with E-state index in [2.05, 4.69) is 5.32 Å². The smallest absolute Gasteiger partial charge is 0.337 e. The van der Waals surface area contributed by atoms with Gasteiger partial charge in [0.2, 0.25) is 0 Å². The number of hydrogen-bond donors (Lipinski definition) is 3. The Labute approximate surface area is 125 Å². The monoisotopic (exact) mass is 305 g/mol. The van der Waals surface area contributed by atoms with E-state index in [0.29, 0.717) is 10.6 Å². The van der Waals surface area contributed by atoms with Crippen molar-refractivity contribution in [3.63, 3.8) is 0 Å². The minimum Gasteiger partial charge on any atom is -0.508 e. The number of carboxylic acids is 1. The van der Waals surface area contributed by atoms with E-state index in [1.165, 1.54) is 12.1 Å². The standard InChI is InChI=1S/C15H12ClNO4/c1-8-6-9(2-4-12(8)16)14(19)17-13-5-3-10(18)7-11(13)15(20)21/h2-7,18H,1H3,(H,17,19)(H,20,21). The van der Waals surface area contributed by atoms with Gasteiger partial charge in [0.15, 0.2) is 0 Å². The second-order valence-corrected chi connectivity index (χ2v) is 4.86. The van der Waals surface area contributed by atoms with Crippen LogP contribution in [-0.2, 0) is 0 Å². The van der Waals surface area contributed by atoms with Crippen LogP contribution in [0.1, 0.15) is 26.3 Å². The predicted octanol–water partition coefficient (Wildman–Crippen LogP) is 3.30. The van der Waals surface area contributed by atoms with E-state index >= 15 is 0 Å². The van der Waals surface area contributed by atoms with Crippen LogP contribution < -0.4 is 5.32 Å². The highest BCUT2D eigenvalue weighted by atomic mass is 35.5. The van der Waals surface area contributed by atoms with Gasteiger partial charge in [-0.15, -0.1) is 0 Å². The first-order valence-corrected chi connectivity index (χ1v) is 6.40.